The number of pyridine rings is 1. The van der Waals surface area contributed by atoms with Crippen LogP contribution >= 0.6 is 11.3 Å². The third-order valence-electron chi connectivity index (χ3n) is 2.81. The number of sulfonamides is 1. The Bertz CT molecular complexity index is 698. The molecule has 8 heteroatoms. The van der Waals surface area contributed by atoms with Gasteiger partial charge in [0, 0.05) is 30.2 Å². The van der Waals surface area contributed by atoms with Crippen molar-refractivity contribution in [2.24, 2.45) is 0 Å². The van der Waals surface area contributed by atoms with Gasteiger partial charge in [0.1, 0.15) is 0 Å². The minimum atomic E-state index is -3.53. The molecule has 0 saturated carbocycles. The normalized spacial score (nSPS) is 11.5. The number of nitrogens with zero attached hydrogens (tertiary/aromatic N) is 1. The maximum atomic E-state index is 12.3. The van der Waals surface area contributed by atoms with Gasteiger partial charge in [-0.2, -0.15) is 0 Å². The predicted molar refractivity (Wildman–Crippen MR) is 81.9 cm³/mol. The average molecular weight is 327 g/mol. The summed E-state index contributed by atoms with van der Waals surface area (Å²) in [4.78, 5) is 5.10. The van der Waals surface area contributed by atoms with E-state index in [1.807, 2.05) is 0 Å². The van der Waals surface area contributed by atoms with E-state index in [1.165, 1.54) is 18.4 Å². The van der Waals surface area contributed by atoms with Crippen molar-refractivity contribution >= 4 is 21.4 Å². The Labute approximate surface area is 128 Å². The van der Waals surface area contributed by atoms with Crippen LogP contribution in [0.4, 0.5) is 0 Å². The van der Waals surface area contributed by atoms with Crippen molar-refractivity contribution in [1.82, 2.24) is 15.0 Å². The van der Waals surface area contributed by atoms with Gasteiger partial charge in [0.15, 0.2) is 0 Å². The van der Waals surface area contributed by atoms with Crippen LogP contribution in [-0.4, -0.2) is 27.6 Å². The first-order valence-corrected chi connectivity index (χ1v) is 8.62. The summed E-state index contributed by atoms with van der Waals surface area (Å²) in [5, 5.41) is 4.74. The Hall–Kier alpha value is -1.48. The summed E-state index contributed by atoms with van der Waals surface area (Å²) in [6, 6.07) is 5.06. The average Bonchev–Trinajstić information content (AvgIpc) is 2.95. The number of thiophene rings is 1. The second kappa shape index (κ2) is 6.99. The fourth-order valence-electron chi connectivity index (χ4n) is 1.79. The lowest BCUT2D eigenvalue weighted by Gasteiger charge is -2.08. The largest absolute Gasteiger partial charge is 0.481 e. The molecule has 0 aliphatic carbocycles. The molecule has 0 bridgehead atoms. The Morgan fingerprint density at radius 3 is 2.86 bits per heavy atom. The van der Waals surface area contributed by atoms with Crippen LogP contribution in [0.15, 0.2) is 34.7 Å². The van der Waals surface area contributed by atoms with Crippen molar-refractivity contribution in [2.75, 3.05) is 14.2 Å². The zero-order valence-electron chi connectivity index (χ0n) is 11.8. The van der Waals surface area contributed by atoms with E-state index in [-0.39, 0.29) is 6.54 Å². The molecule has 0 spiro atoms. The van der Waals surface area contributed by atoms with E-state index in [0.717, 1.165) is 10.4 Å². The van der Waals surface area contributed by atoms with E-state index in [0.29, 0.717) is 17.3 Å². The molecule has 114 valence electrons. The molecule has 0 radical (unpaired) electrons. The molecular formula is C13H17N3O3S2. The molecule has 21 heavy (non-hydrogen) atoms. The van der Waals surface area contributed by atoms with Crippen molar-refractivity contribution < 1.29 is 13.2 Å². The van der Waals surface area contributed by atoms with Crippen LogP contribution in [0.25, 0.3) is 0 Å². The zero-order valence-corrected chi connectivity index (χ0v) is 13.4. The quantitative estimate of drug-likeness (QED) is 0.802. The van der Waals surface area contributed by atoms with Crippen LogP contribution < -0.4 is 14.8 Å². The monoisotopic (exact) mass is 327 g/mol. The Kier molecular flexibility index (Phi) is 5.29. The van der Waals surface area contributed by atoms with Gasteiger partial charge in [-0.15, -0.1) is 11.3 Å². The van der Waals surface area contributed by atoms with Gasteiger partial charge in [-0.3, -0.25) is 0 Å². The summed E-state index contributed by atoms with van der Waals surface area (Å²) >= 11 is 1.42. The number of hydrogen-bond donors (Lipinski definition) is 2. The van der Waals surface area contributed by atoms with E-state index in [1.54, 1.807) is 36.8 Å². The minimum absolute atomic E-state index is 0.191. The first kappa shape index (κ1) is 15.9. The fourth-order valence-corrected chi connectivity index (χ4v) is 4.26. The molecule has 2 aromatic rings. The summed E-state index contributed by atoms with van der Waals surface area (Å²) in [6.07, 6.45) is 1.58. The van der Waals surface area contributed by atoms with Crippen molar-refractivity contribution in [3.8, 4) is 5.88 Å². The maximum Gasteiger partial charge on any atom is 0.242 e. The molecule has 0 amide bonds. The molecule has 0 aliphatic rings. The van der Waals surface area contributed by atoms with Gasteiger partial charge < -0.3 is 10.1 Å². The highest BCUT2D eigenvalue weighted by Crippen LogP contribution is 2.22. The second-order valence-corrected chi connectivity index (χ2v) is 7.01. The number of aromatic nitrogens is 1. The van der Waals surface area contributed by atoms with Gasteiger partial charge >= 0.3 is 0 Å². The lowest BCUT2D eigenvalue weighted by molar-refractivity contribution is 0.397. The van der Waals surface area contributed by atoms with Crippen molar-refractivity contribution in [3.05, 3.63) is 40.2 Å². The highest BCUT2D eigenvalue weighted by atomic mass is 32.2. The lowest BCUT2D eigenvalue weighted by Crippen LogP contribution is -2.24. The molecule has 0 aliphatic heterocycles. The highest BCUT2D eigenvalue weighted by Gasteiger charge is 2.19. The Morgan fingerprint density at radius 2 is 2.14 bits per heavy atom. The Morgan fingerprint density at radius 1 is 1.33 bits per heavy atom. The summed E-state index contributed by atoms with van der Waals surface area (Å²) < 4.78 is 32.3. The Balaban J connectivity index is 2.12. The maximum absolute atomic E-state index is 12.3. The van der Waals surface area contributed by atoms with Gasteiger partial charge in [-0.05, 0) is 30.1 Å². The van der Waals surface area contributed by atoms with E-state index < -0.39 is 10.0 Å². The number of nitrogens with one attached hydrogen (secondary N) is 2. The molecule has 0 fully saturated rings. The number of ether oxygens (including phenoxy) is 1. The summed E-state index contributed by atoms with van der Waals surface area (Å²) in [5.74, 6) is 0.457. The summed E-state index contributed by atoms with van der Waals surface area (Å²) in [5.41, 5.74) is 0.788. The van der Waals surface area contributed by atoms with Gasteiger partial charge in [-0.1, -0.05) is 0 Å². The van der Waals surface area contributed by atoms with Gasteiger partial charge in [-0.25, -0.2) is 18.1 Å². The molecule has 0 unspecified atom stereocenters. The molecule has 6 nitrogen and oxygen atoms in total. The molecule has 2 rings (SSSR count). The summed E-state index contributed by atoms with van der Waals surface area (Å²) in [7, 11) is -0.224. The first-order chi connectivity index (χ1) is 10.1. The third kappa shape index (κ3) is 4.01. The van der Waals surface area contributed by atoms with Crippen LogP contribution in [0.5, 0.6) is 5.88 Å². The molecule has 2 N–H and O–H groups in total. The van der Waals surface area contributed by atoms with Gasteiger partial charge in [0.2, 0.25) is 15.9 Å². The van der Waals surface area contributed by atoms with Crippen molar-refractivity contribution in [1.29, 1.82) is 0 Å². The fraction of sp³-hybridized carbons (Fsp3) is 0.308. The second-order valence-electron chi connectivity index (χ2n) is 4.27. The third-order valence-corrected chi connectivity index (χ3v) is 5.34. The smallest absolute Gasteiger partial charge is 0.242 e. The van der Waals surface area contributed by atoms with E-state index >= 15 is 0 Å². The lowest BCUT2D eigenvalue weighted by atomic mass is 10.3. The van der Waals surface area contributed by atoms with Crippen LogP contribution in [-0.2, 0) is 23.1 Å². The van der Waals surface area contributed by atoms with Crippen molar-refractivity contribution in [3.63, 3.8) is 0 Å². The molecule has 0 aromatic carbocycles. The molecule has 2 heterocycles. The van der Waals surface area contributed by atoms with E-state index in [4.69, 9.17) is 4.74 Å². The minimum Gasteiger partial charge on any atom is -0.481 e. The van der Waals surface area contributed by atoms with Gasteiger partial charge in [0.05, 0.1) is 12.0 Å². The molecule has 2 aromatic heterocycles. The van der Waals surface area contributed by atoms with Crippen LogP contribution in [0, 0.1) is 0 Å². The zero-order chi connectivity index (χ0) is 15.3. The highest BCUT2D eigenvalue weighted by molar-refractivity contribution is 7.89. The van der Waals surface area contributed by atoms with Crippen LogP contribution in [0.1, 0.15) is 10.4 Å². The van der Waals surface area contributed by atoms with Crippen molar-refractivity contribution in [2.45, 2.75) is 18.0 Å². The molecule has 0 saturated heterocycles. The summed E-state index contributed by atoms with van der Waals surface area (Å²) in [6.45, 7) is 0.715. The number of hydrogen-bond acceptors (Lipinski definition) is 6. The SMILES string of the molecule is CNCc1sccc1S(=O)(=O)NCc1ccnc(OC)c1. The number of rotatable bonds is 7. The number of methoxy groups -OCH3 is 1. The standard InChI is InChI=1S/C13H17N3O3S2/c1-14-9-11-12(4-6-20-11)21(17,18)16-8-10-3-5-15-13(7-10)19-2/h3-7,14,16H,8-9H2,1-2H3. The van der Waals surface area contributed by atoms with Crippen LogP contribution in [0.3, 0.4) is 0 Å². The van der Waals surface area contributed by atoms with E-state index in [2.05, 4.69) is 15.0 Å². The predicted octanol–water partition coefficient (Wildman–Crippen LogP) is 1.35. The van der Waals surface area contributed by atoms with Gasteiger partial charge in [0.25, 0.3) is 0 Å². The van der Waals surface area contributed by atoms with Crippen LogP contribution in [0.2, 0.25) is 0 Å². The molecule has 0 atom stereocenters. The van der Waals surface area contributed by atoms with E-state index in [9.17, 15) is 8.42 Å². The molecular weight excluding hydrogens is 310 g/mol. The topological polar surface area (TPSA) is 80.3 Å². The first-order valence-electron chi connectivity index (χ1n) is 6.26.